The van der Waals surface area contributed by atoms with Gasteiger partial charge in [0.05, 0.1) is 11.3 Å². The molecule has 0 aliphatic rings. The lowest BCUT2D eigenvalue weighted by atomic mass is 10.1. The summed E-state index contributed by atoms with van der Waals surface area (Å²) in [5, 5.41) is 0.737. The monoisotopic (exact) mass is 321 g/mol. The van der Waals surface area contributed by atoms with Crippen molar-refractivity contribution >= 4 is 11.5 Å². The Hall–Kier alpha value is -2.28. The van der Waals surface area contributed by atoms with Crippen LogP contribution < -0.4 is 0 Å². The average molecular weight is 321 g/mol. The fraction of sp³-hybridized carbons (Fsp3) is 0.133. The lowest BCUT2D eigenvalue weighted by Gasteiger charge is -2.08. The van der Waals surface area contributed by atoms with E-state index in [9.17, 15) is 13.2 Å². The van der Waals surface area contributed by atoms with Gasteiger partial charge in [0.1, 0.15) is 10.8 Å². The zero-order valence-corrected chi connectivity index (χ0v) is 12.2. The van der Waals surface area contributed by atoms with Crippen molar-refractivity contribution in [3.8, 4) is 21.8 Å². The maximum Gasteiger partial charge on any atom is 0.416 e. The van der Waals surface area contributed by atoms with Gasteiger partial charge < -0.3 is 0 Å². The molecule has 2 heterocycles. The molecule has 0 aliphatic carbocycles. The molecule has 0 saturated heterocycles. The predicted octanol–water partition coefficient (Wildman–Crippen LogP) is 4.59. The Labute approximate surface area is 128 Å². The third-order valence-corrected chi connectivity index (χ3v) is 3.88. The molecule has 0 atom stereocenters. The van der Waals surface area contributed by atoms with Crippen LogP contribution in [0, 0.1) is 6.92 Å². The largest absolute Gasteiger partial charge is 0.416 e. The average Bonchev–Trinajstić information content (AvgIpc) is 2.93. The highest BCUT2D eigenvalue weighted by Gasteiger charge is 2.30. The summed E-state index contributed by atoms with van der Waals surface area (Å²) in [6, 6.07) is 8.58. The van der Waals surface area contributed by atoms with E-state index in [1.165, 1.54) is 17.6 Å². The number of benzene rings is 1. The molecule has 7 heteroatoms. The van der Waals surface area contributed by atoms with Crippen molar-refractivity contribution in [2.45, 2.75) is 13.1 Å². The summed E-state index contributed by atoms with van der Waals surface area (Å²) in [5.74, 6) is 0.682. The molecule has 3 rings (SSSR count). The Morgan fingerprint density at radius 3 is 2.45 bits per heavy atom. The highest BCUT2D eigenvalue weighted by molar-refractivity contribution is 7.09. The molecule has 0 amide bonds. The fourth-order valence-corrected chi connectivity index (χ4v) is 2.62. The van der Waals surface area contributed by atoms with Gasteiger partial charge in [-0.3, -0.25) is 4.98 Å². The quantitative estimate of drug-likeness (QED) is 0.693. The third kappa shape index (κ3) is 2.99. The first-order chi connectivity index (χ1) is 10.4. The van der Waals surface area contributed by atoms with E-state index >= 15 is 0 Å². The molecule has 0 saturated carbocycles. The molecule has 0 bridgehead atoms. The predicted molar refractivity (Wildman–Crippen MR) is 78.3 cm³/mol. The first-order valence-corrected chi connectivity index (χ1v) is 7.15. The van der Waals surface area contributed by atoms with Crippen LogP contribution in [0.1, 0.15) is 11.4 Å². The number of hydrogen-bond acceptors (Lipinski definition) is 4. The maximum absolute atomic E-state index is 12.7. The topological polar surface area (TPSA) is 38.7 Å². The minimum atomic E-state index is -4.36. The number of alkyl halides is 3. The van der Waals surface area contributed by atoms with E-state index in [2.05, 4.69) is 14.3 Å². The molecule has 0 aliphatic heterocycles. The Bertz CT molecular complexity index is 794. The van der Waals surface area contributed by atoms with Crippen molar-refractivity contribution < 1.29 is 13.2 Å². The zero-order chi connectivity index (χ0) is 15.7. The second-order valence-electron chi connectivity index (χ2n) is 4.66. The Morgan fingerprint density at radius 1 is 1.05 bits per heavy atom. The van der Waals surface area contributed by atoms with Gasteiger partial charge in [0.25, 0.3) is 0 Å². The van der Waals surface area contributed by atoms with E-state index in [0.717, 1.165) is 22.7 Å². The van der Waals surface area contributed by atoms with Gasteiger partial charge in [-0.25, -0.2) is 4.98 Å². The number of nitrogens with zero attached hydrogens (tertiary/aromatic N) is 3. The standard InChI is InChI=1S/C15H10F3N3S/c1-9-20-14(22-21-9)11-5-6-13(19-8-11)10-3-2-4-12(7-10)15(16,17)18/h2-8H,1H3. The molecular weight excluding hydrogens is 311 g/mol. The first-order valence-electron chi connectivity index (χ1n) is 6.38. The van der Waals surface area contributed by atoms with Crippen molar-refractivity contribution in [3.63, 3.8) is 0 Å². The molecule has 112 valence electrons. The lowest BCUT2D eigenvalue weighted by Crippen LogP contribution is -2.04. The SMILES string of the molecule is Cc1nsc(-c2ccc(-c3cccc(C(F)(F)F)c3)nc2)n1. The van der Waals surface area contributed by atoms with E-state index in [1.54, 1.807) is 31.3 Å². The number of hydrogen-bond donors (Lipinski definition) is 0. The molecule has 2 aromatic heterocycles. The summed E-state index contributed by atoms with van der Waals surface area (Å²) < 4.78 is 42.3. The fourth-order valence-electron chi connectivity index (χ4n) is 1.96. The number of aromatic nitrogens is 3. The summed E-state index contributed by atoms with van der Waals surface area (Å²) >= 11 is 1.26. The minimum Gasteiger partial charge on any atom is -0.256 e. The zero-order valence-electron chi connectivity index (χ0n) is 11.4. The highest BCUT2D eigenvalue weighted by atomic mass is 32.1. The van der Waals surface area contributed by atoms with Crippen LogP contribution in [0.2, 0.25) is 0 Å². The lowest BCUT2D eigenvalue weighted by molar-refractivity contribution is -0.137. The van der Waals surface area contributed by atoms with Crippen LogP contribution in [0.3, 0.4) is 0 Å². The van der Waals surface area contributed by atoms with Crippen LogP contribution in [0.4, 0.5) is 13.2 Å². The van der Waals surface area contributed by atoms with Gasteiger partial charge >= 0.3 is 6.18 Å². The Balaban J connectivity index is 1.93. The van der Waals surface area contributed by atoms with Gasteiger partial charge in [-0.1, -0.05) is 12.1 Å². The van der Waals surface area contributed by atoms with E-state index in [-0.39, 0.29) is 0 Å². The van der Waals surface area contributed by atoms with E-state index in [0.29, 0.717) is 17.1 Å². The number of aryl methyl sites for hydroxylation is 1. The normalized spacial score (nSPS) is 11.6. The van der Waals surface area contributed by atoms with Crippen LogP contribution in [-0.4, -0.2) is 14.3 Å². The molecule has 22 heavy (non-hydrogen) atoms. The second-order valence-corrected chi connectivity index (χ2v) is 5.41. The molecule has 3 aromatic rings. The van der Waals surface area contributed by atoms with Crippen molar-refractivity contribution in [2.75, 3.05) is 0 Å². The molecule has 0 fully saturated rings. The summed E-state index contributed by atoms with van der Waals surface area (Å²) in [6.07, 6.45) is -2.77. The molecule has 0 N–H and O–H groups in total. The highest BCUT2D eigenvalue weighted by Crippen LogP contribution is 2.32. The van der Waals surface area contributed by atoms with Crippen LogP contribution in [0.5, 0.6) is 0 Å². The summed E-state index contributed by atoms with van der Waals surface area (Å²) in [5.41, 5.74) is 1.02. The molecular formula is C15H10F3N3S. The number of pyridine rings is 1. The van der Waals surface area contributed by atoms with Gasteiger partial charge in [-0.15, -0.1) is 0 Å². The van der Waals surface area contributed by atoms with Crippen molar-refractivity contribution in [1.82, 2.24) is 14.3 Å². The summed E-state index contributed by atoms with van der Waals surface area (Å²) in [7, 11) is 0. The molecule has 1 aromatic carbocycles. The summed E-state index contributed by atoms with van der Waals surface area (Å²) in [4.78, 5) is 8.48. The van der Waals surface area contributed by atoms with E-state index in [4.69, 9.17) is 0 Å². The molecule has 0 unspecified atom stereocenters. The smallest absolute Gasteiger partial charge is 0.256 e. The maximum atomic E-state index is 12.7. The van der Waals surface area contributed by atoms with Crippen LogP contribution in [0.15, 0.2) is 42.6 Å². The molecule has 0 radical (unpaired) electrons. The second kappa shape index (κ2) is 5.49. The van der Waals surface area contributed by atoms with Crippen molar-refractivity contribution in [1.29, 1.82) is 0 Å². The first kappa shape index (κ1) is 14.6. The van der Waals surface area contributed by atoms with Crippen molar-refractivity contribution in [3.05, 3.63) is 54.0 Å². The van der Waals surface area contributed by atoms with Gasteiger partial charge in [-0.2, -0.15) is 17.5 Å². The molecule has 3 nitrogen and oxygen atoms in total. The van der Waals surface area contributed by atoms with E-state index in [1.807, 2.05) is 0 Å². The number of halogens is 3. The number of rotatable bonds is 2. The Kier molecular flexibility index (Phi) is 3.66. The van der Waals surface area contributed by atoms with Crippen molar-refractivity contribution in [2.24, 2.45) is 0 Å². The summed E-state index contributed by atoms with van der Waals surface area (Å²) in [6.45, 7) is 1.80. The Morgan fingerprint density at radius 2 is 1.86 bits per heavy atom. The third-order valence-electron chi connectivity index (χ3n) is 3.02. The minimum absolute atomic E-state index is 0.426. The van der Waals surface area contributed by atoms with Gasteiger partial charge in [0.2, 0.25) is 0 Å². The van der Waals surface area contributed by atoms with E-state index < -0.39 is 11.7 Å². The van der Waals surface area contributed by atoms with Crippen LogP contribution in [-0.2, 0) is 6.18 Å². The van der Waals surface area contributed by atoms with Crippen LogP contribution in [0.25, 0.3) is 21.8 Å². The molecule has 0 spiro atoms. The van der Waals surface area contributed by atoms with Gasteiger partial charge in [0, 0.05) is 17.3 Å². The van der Waals surface area contributed by atoms with Gasteiger partial charge in [-0.05, 0) is 42.7 Å². The van der Waals surface area contributed by atoms with Crippen LogP contribution >= 0.6 is 11.5 Å². The van der Waals surface area contributed by atoms with Gasteiger partial charge in [0.15, 0.2) is 0 Å².